The van der Waals surface area contributed by atoms with Crippen molar-refractivity contribution < 1.29 is 9.90 Å². The predicted octanol–water partition coefficient (Wildman–Crippen LogP) is -0.443. The van der Waals surface area contributed by atoms with Crippen LogP contribution in [0.5, 0.6) is 0 Å². The van der Waals surface area contributed by atoms with E-state index in [2.05, 4.69) is 15.5 Å². The Hall–Kier alpha value is -0.650. The molecular formula is C12H25N3O2. The first-order chi connectivity index (χ1) is 8.06. The summed E-state index contributed by atoms with van der Waals surface area (Å²) in [4.78, 5) is 13.9. The highest BCUT2D eigenvalue weighted by Crippen LogP contribution is 2.18. The van der Waals surface area contributed by atoms with Crippen molar-refractivity contribution in [3.05, 3.63) is 0 Å². The number of carbonyl (C=O) groups is 1. The van der Waals surface area contributed by atoms with Gasteiger partial charge in [0.05, 0.1) is 5.60 Å². The van der Waals surface area contributed by atoms with Crippen molar-refractivity contribution in [3.63, 3.8) is 0 Å². The summed E-state index contributed by atoms with van der Waals surface area (Å²) in [6, 6.07) is -0.168. The fourth-order valence-electron chi connectivity index (χ4n) is 2.21. The Kier molecular flexibility index (Phi) is 5.36. The van der Waals surface area contributed by atoms with Gasteiger partial charge in [-0.25, -0.2) is 0 Å². The number of amides is 1. The molecule has 1 amide bonds. The molecule has 0 aromatic rings. The molecule has 1 rings (SSSR count). The van der Waals surface area contributed by atoms with Crippen LogP contribution in [0.4, 0.5) is 0 Å². The molecule has 3 N–H and O–H groups in total. The standard InChI is InChI=1S/C12H25N3O2/c1-4-12(17,5-2)9-15-7-6-14-8-10(15)11(16)13-3/h10,14,17H,4-9H2,1-3H3,(H,13,16). The smallest absolute Gasteiger partial charge is 0.238 e. The summed E-state index contributed by atoms with van der Waals surface area (Å²) in [5.74, 6) is 0.0201. The molecule has 1 fully saturated rings. The Morgan fingerprint density at radius 1 is 1.53 bits per heavy atom. The van der Waals surface area contributed by atoms with Crippen molar-refractivity contribution in [2.75, 3.05) is 33.2 Å². The summed E-state index contributed by atoms with van der Waals surface area (Å²) < 4.78 is 0. The van der Waals surface area contributed by atoms with Crippen LogP contribution in [0.1, 0.15) is 26.7 Å². The summed E-state index contributed by atoms with van der Waals surface area (Å²) in [6.45, 7) is 6.88. The maximum atomic E-state index is 11.8. The number of hydrogen-bond donors (Lipinski definition) is 3. The SMILES string of the molecule is CCC(O)(CC)CN1CCNCC1C(=O)NC. The third-order valence-electron chi connectivity index (χ3n) is 3.72. The molecule has 0 aromatic carbocycles. The molecule has 17 heavy (non-hydrogen) atoms. The lowest BCUT2D eigenvalue weighted by Gasteiger charge is -2.39. The first-order valence-corrected chi connectivity index (χ1v) is 6.45. The largest absolute Gasteiger partial charge is 0.389 e. The zero-order chi connectivity index (χ0) is 12.9. The number of piperazine rings is 1. The van der Waals surface area contributed by atoms with Gasteiger partial charge in [0.15, 0.2) is 0 Å². The van der Waals surface area contributed by atoms with Crippen LogP contribution >= 0.6 is 0 Å². The lowest BCUT2D eigenvalue weighted by molar-refractivity contribution is -0.128. The van der Waals surface area contributed by atoms with Gasteiger partial charge in [-0.1, -0.05) is 13.8 Å². The molecule has 0 aliphatic carbocycles. The lowest BCUT2D eigenvalue weighted by Crippen LogP contribution is -2.60. The summed E-state index contributed by atoms with van der Waals surface area (Å²) in [6.07, 6.45) is 1.43. The molecule has 1 saturated heterocycles. The van der Waals surface area contributed by atoms with E-state index in [4.69, 9.17) is 0 Å². The van der Waals surface area contributed by atoms with Crippen LogP contribution < -0.4 is 10.6 Å². The molecule has 100 valence electrons. The number of nitrogens with zero attached hydrogens (tertiary/aromatic N) is 1. The Balaban J connectivity index is 2.68. The van der Waals surface area contributed by atoms with Gasteiger partial charge in [-0.3, -0.25) is 9.69 Å². The second-order valence-electron chi connectivity index (χ2n) is 4.74. The topological polar surface area (TPSA) is 64.6 Å². The van der Waals surface area contributed by atoms with E-state index >= 15 is 0 Å². The Labute approximate surface area is 104 Å². The van der Waals surface area contributed by atoms with Gasteiger partial charge in [-0.05, 0) is 12.8 Å². The Morgan fingerprint density at radius 2 is 2.18 bits per heavy atom. The van der Waals surface area contributed by atoms with Crippen LogP contribution in [0.25, 0.3) is 0 Å². The van der Waals surface area contributed by atoms with Gasteiger partial charge in [-0.2, -0.15) is 0 Å². The zero-order valence-electron chi connectivity index (χ0n) is 11.1. The van der Waals surface area contributed by atoms with Crippen LogP contribution in [0.2, 0.25) is 0 Å². The summed E-state index contributed by atoms with van der Waals surface area (Å²) >= 11 is 0. The number of nitrogens with one attached hydrogen (secondary N) is 2. The molecule has 0 saturated carbocycles. The first kappa shape index (κ1) is 14.4. The zero-order valence-corrected chi connectivity index (χ0v) is 11.1. The van der Waals surface area contributed by atoms with Crippen molar-refractivity contribution in [1.29, 1.82) is 0 Å². The second-order valence-corrected chi connectivity index (χ2v) is 4.74. The quantitative estimate of drug-likeness (QED) is 0.612. The van der Waals surface area contributed by atoms with Gasteiger partial charge in [-0.15, -0.1) is 0 Å². The highest BCUT2D eigenvalue weighted by Gasteiger charge is 2.33. The van der Waals surface area contributed by atoms with Crippen molar-refractivity contribution in [1.82, 2.24) is 15.5 Å². The fraction of sp³-hybridized carbons (Fsp3) is 0.917. The van der Waals surface area contributed by atoms with E-state index in [1.54, 1.807) is 7.05 Å². The van der Waals surface area contributed by atoms with Crippen LogP contribution in [-0.2, 0) is 4.79 Å². The highest BCUT2D eigenvalue weighted by molar-refractivity contribution is 5.81. The first-order valence-electron chi connectivity index (χ1n) is 6.45. The number of hydrogen-bond acceptors (Lipinski definition) is 4. The van der Waals surface area contributed by atoms with Crippen molar-refractivity contribution in [2.45, 2.75) is 38.3 Å². The number of rotatable bonds is 5. The molecule has 0 radical (unpaired) electrons. The van der Waals surface area contributed by atoms with Crippen LogP contribution in [0.15, 0.2) is 0 Å². The molecule has 5 nitrogen and oxygen atoms in total. The number of likely N-dealkylation sites (N-methyl/N-ethyl adjacent to an activating group) is 1. The van der Waals surface area contributed by atoms with Crippen molar-refractivity contribution in [2.24, 2.45) is 0 Å². The summed E-state index contributed by atoms with van der Waals surface area (Å²) in [5.41, 5.74) is -0.677. The van der Waals surface area contributed by atoms with E-state index < -0.39 is 5.60 Å². The highest BCUT2D eigenvalue weighted by atomic mass is 16.3. The monoisotopic (exact) mass is 243 g/mol. The third kappa shape index (κ3) is 3.66. The maximum absolute atomic E-state index is 11.8. The molecule has 1 atom stereocenters. The van der Waals surface area contributed by atoms with Crippen LogP contribution in [0.3, 0.4) is 0 Å². The molecule has 1 aliphatic heterocycles. The molecule has 0 bridgehead atoms. The van der Waals surface area contributed by atoms with E-state index in [1.807, 2.05) is 13.8 Å². The molecule has 1 aliphatic rings. The number of aliphatic hydroxyl groups is 1. The van der Waals surface area contributed by atoms with E-state index in [1.165, 1.54) is 0 Å². The van der Waals surface area contributed by atoms with Gasteiger partial charge in [0.1, 0.15) is 6.04 Å². The second kappa shape index (κ2) is 6.33. The van der Waals surface area contributed by atoms with Gasteiger partial charge in [0, 0.05) is 33.2 Å². The number of β-amino-alcohol motifs (C(OH)–C–C–N with tert-alkyl or cyclic N) is 1. The maximum Gasteiger partial charge on any atom is 0.238 e. The van der Waals surface area contributed by atoms with Crippen LogP contribution in [-0.4, -0.2) is 60.8 Å². The minimum atomic E-state index is -0.677. The minimum absolute atomic E-state index is 0.0201. The van der Waals surface area contributed by atoms with E-state index in [0.29, 0.717) is 25.9 Å². The summed E-state index contributed by atoms with van der Waals surface area (Å²) in [5, 5.41) is 16.3. The van der Waals surface area contributed by atoms with Gasteiger partial charge in [0.25, 0.3) is 0 Å². The Bertz CT molecular complexity index is 254. The van der Waals surface area contributed by atoms with Gasteiger partial charge < -0.3 is 15.7 Å². The molecule has 5 heteroatoms. The lowest BCUT2D eigenvalue weighted by atomic mass is 9.95. The number of carbonyl (C=O) groups excluding carboxylic acids is 1. The van der Waals surface area contributed by atoms with E-state index in [-0.39, 0.29) is 11.9 Å². The molecular weight excluding hydrogens is 218 g/mol. The van der Waals surface area contributed by atoms with Gasteiger partial charge in [0.2, 0.25) is 5.91 Å². The average Bonchev–Trinajstić information content (AvgIpc) is 2.38. The van der Waals surface area contributed by atoms with Crippen LogP contribution in [0, 0.1) is 0 Å². The van der Waals surface area contributed by atoms with Crippen molar-refractivity contribution in [3.8, 4) is 0 Å². The molecule has 0 spiro atoms. The Morgan fingerprint density at radius 3 is 2.71 bits per heavy atom. The average molecular weight is 243 g/mol. The van der Waals surface area contributed by atoms with Crippen molar-refractivity contribution >= 4 is 5.91 Å². The van der Waals surface area contributed by atoms with E-state index in [0.717, 1.165) is 13.1 Å². The summed E-state index contributed by atoms with van der Waals surface area (Å²) in [7, 11) is 1.65. The predicted molar refractivity (Wildman–Crippen MR) is 67.8 cm³/mol. The molecule has 1 heterocycles. The van der Waals surface area contributed by atoms with Gasteiger partial charge >= 0.3 is 0 Å². The van der Waals surface area contributed by atoms with E-state index in [9.17, 15) is 9.90 Å². The normalized spacial score (nSPS) is 22.5. The molecule has 1 unspecified atom stereocenters. The minimum Gasteiger partial charge on any atom is -0.389 e. The molecule has 0 aromatic heterocycles. The fourth-order valence-corrected chi connectivity index (χ4v) is 2.21. The third-order valence-corrected chi connectivity index (χ3v) is 3.72.